The first kappa shape index (κ1) is 7.90. The van der Waals surface area contributed by atoms with Crippen LogP contribution in [-0.4, -0.2) is 10.8 Å². The fourth-order valence-electron chi connectivity index (χ4n) is 0.390. The summed E-state index contributed by atoms with van der Waals surface area (Å²) < 4.78 is 34.8. The fraction of sp³-hybridized carbons (Fsp3) is 0.250. The Kier molecular flexibility index (Phi) is 2.22. The number of hydroxylamine groups is 1. The first-order valence-electron chi connectivity index (χ1n) is 2.30. The minimum atomic E-state index is -4.60. The van der Waals surface area contributed by atoms with E-state index in [2.05, 4.69) is 4.84 Å². The van der Waals surface area contributed by atoms with Crippen LogP contribution in [0.15, 0.2) is 11.5 Å². The van der Waals surface area contributed by atoms with E-state index in [9.17, 15) is 13.2 Å². The van der Waals surface area contributed by atoms with Gasteiger partial charge in [-0.25, -0.2) is 0 Å². The molecule has 0 unspecified atom stereocenters. The summed E-state index contributed by atoms with van der Waals surface area (Å²) in [7, 11) is 0. The lowest BCUT2D eigenvalue weighted by Crippen LogP contribution is -2.22. The number of alkyl halides is 3. The molecule has 6 heteroatoms. The number of nitrogens with zero attached hydrogens (tertiary/aromatic N) is 1. The first-order valence-corrected chi connectivity index (χ1v) is 3.13. The maximum absolute atomic E-state index is 11.4. The van der Waals surface area contributed by atoms with E-state index in [-0.39, 0.29) is 0 Å². The van der Waals surface area contributed by atoms with Crippen LogP contribution in [-0.2, 0) is 4.84 Å². The molecule has 10 heavy (non-hydrogen) atoms. The predicted octanol–water partition coefficient (Wildman–Crippen LogP) is 2.08. The van der Waals surface area contributed by atoms with Gasteiger partial charge in [0.15, 0.2) is 0 Å². The quantitative estimate of drug-likeness (QED) is 0.559. The minimum Gasteiger partial charge on any atom is -0.188 e. The van der Waals surface area contributed by atoms with E-state index in [1.54, 1.807) is 0 Å². The van der Waals surface area contributed by atoms with E-state index in [1.165, 1.54) is 18.0 Å². The Hall–Kier alpha value is -0.200. The van der Waals surface area contributed by atoms with Gasteiger partial charge in [-0.05, 0) is 17.4 Å². The Morgan fingerprint density at radius 1 is 1.40 bits per heavy atom. The van der Waals surface area contributed by atoms with Crippen molar-refractivity contribution < 1.29 is 18.0 Å². The van der Waals surface area contributed by atoms with Gasteiger partial charge in [-0.2, -0.15) is 4.84 Å². The van der Waals surface area contributed by atoms with Gasteiger partial charge in [-0.3, -0.25) is 0 Å². The Morgan fingerprint density at radius 3 is 2.50 bits per heavy atom. The van der Waals surface area contributed by atoms with E-state index in [1.807, 2.05) is 0 Å². The molecule has 1 rings (SSSR count). The molecule has 0 saturated heterocycles. The molecule has 0 spiro atoms. The van der Waals surface area contributed by atoms with Crippen molar-refractivity contribution in [1.82, 2.24) is 4.47 Å². The van der Waals surface area contributed by atoms with Gasteiger partial charge in [-0.1, -0.05) is 6.08 Å². The van der Waals surface area contributed by atoms with Crippen LogP contribution in [0.4, 0.5) is 13.2 Å². The zero-order valence-corrected chi connectivity index (χ0v) is 5.45. The fourth-order valence-corrected chi connectivity index (χ4v) is 0.918. The maximum atomic E-state index is 11.4. The molecule has 0 aromatic carbocycles. The van der Waals surface area contributed by atoms with Gasteiger partial charge >= 0.3 is 6.36 Å². The zero-order chi connectivity index (χ0) is 7.61. The molecule has 2 nitrogen and oxygen atoms in total. The SMILES string of the molecule is FC(F)(F)ON1[CH]C=CS1. The van der Waals surface area contributed by atoms with E-state index < -0.39 is 6.36 Å². The maximum Gasteiger partial charge on any atom is 0.539 e. The van der Waals surface area contributed by atoms with Gasteiger partial charge < -0.3 is 0 Å². The molecule has 1 radical (unpaired) electrons. The van der Waals surface area contributed by atoms with Crippen molar-refractivity contribution >= 4 is 11.9 Å². The number of halogens is 3. The Balaban J connectivity index is 2.26. The topological polar surface area (TPSA) is 12.5 Å². The van der Waals surface area contributed by atoms with Crippen molar-refractivity contribution in [2.75, 3.05) is 0 Å². The molecule has 57 valence electrons. The van der Waals surface area contributed by atoms with Gasteiger partial charge in [0, 0.05) is 0 Å². The Labute approximate surface area is 59.7 Å². The van der Waals surface area contributed by atoms with E-state index in [4.69, 9.17) is 0 Å². The third kappa shape index (κ3) is 2.59. The van der Waals surface area contributed by atoms with Crippen LogP contribution in [0.3, 0.4) is 0 Å². The van der Waals surface area contributed by atoms with Crippen LogP contribution in [0.1, 0.15) is 0 Å². The molecule has 0 N–H and O–H groups in total. The average molecular weight is 170 g/mol. The summed E-state index contributed by atoms with van der Waals surface area (Å²) in [5.74, 6) is 0. The summed E-state index contributed by atoms with van der Waals surface area (Å²) >= 11 is 0.824. The second-order valence-corrected chi connectivity index (χ2v) is 2.25. The second kappa shape index (κ2) is 2.81. The molecular weight excluding hydrogens is 167 g/mol. The van der Waals surface area contributed by atoms with Crippen molar-refractivity contribution in [3.63, 3.8) is 0 Å². The molecule has 0 aliphatic carbocycles. The summed E-state index contributed by atoms with van der Waals surface area (Å²) in [4.78, 5) is 3.48. The normalized spacial score (nSPS) is 20.3. The Morgan fingerprint density at radius 2 is 2.10 bits per heavy atom. The van der Waals surface area contributed by atoms with E-state index in [0.29, 0.717) is 4.47 Å². The van der Waals surface area contributed by atoms with Gasteiger partial charge in [0.1, 0.15) is 0 Å². The van der Waals surface area contributed by atoms with Crippen LogP contribution < -0.4 is 0 Å². The van der Waals surface area contributed by atoms with Gasteiger partial charge in [0.05, 0.1) is 6.54 Å². The molecule has 1 aliphatic heterocycles. The minimum absolute atomic E-state index is 0.625. The molecule has 1 heterocycles. The standard InChI is InChI=1S/C4H3F3NOS/c5-4(6,7)9-8-2-1-3-10-8/h1-3H. The molecule has 0 fully saturated rings. The van der Waals surface area contributed by atoms with Crippen molar-refractivity contribution in [1.29, 1.82) is 0 Å². The molecular formula is C4H3F3NOS. The molecule has 0 atom stereocenters. The predicted molar refractivity (Wildman–Crippen MR) is 30.0 cm³/mol. The third-order valence-electron chi connectivity index (χ3n) is 0.645. The first-order chi connectivity index (χ1) is 4.58. The number of hydrogen-bond acceptors (Lipinski definition) is 3. The van der Waals surface area contributed by atoms with Crippen molar-refractivity contribution in [3.8, 4) is 0 Å². The largest absolute Gasteiger partial charge is 0.539 e. The highest BCUT2D eigenvalue weighted by Gasteiger charge is 2.34. The molecule has 0 aromatic heterocycles. The second-order valence-electron chi connectivity index (χ2n) is 1.41. The van der Waals surface area contributed by atoms with Gasteiger partial charge in [-0.15, -0.1) is 17.6 Å². The highest BCUT2D eigenvalue weighted by molar-refractivity contribution is 8.00. The van der Waals surface area contributed by atoms with E-state index >= 15 is 0 Å². The molecule has 0 aromatic rings. The van der Waals surface area contributed by atoms with Crippen molar-refractivity contribution in [3.05, 3.63) is 18.0 Å². The Bertz CT molecular complexity index is 138. The highest BCUT2D eigenvalue weighted by atomic mass is 32.2. The van der Waals surface area contributed by atoms with E-state index in [0.717, 1.165) is 11.9 Å². The smallest absolute Gasteiger partial charge is 0.188 e. The summed E-state index contributed by atoms with van der Waals surface area (Å²) in [6.45, 7) is 1.18. The lowest BCUT2D eigenvalue weighted by atomic mass is 10.7. The van der Waals surface area contributed by atoms with Crippen molar-refractivity contribution in [2.24, 2.45) is 0 Å². The average Bonchev–Trinajstić information content (AvgIpc) is 2.12. The highest BCUT2D eigenvalue weighted by Crippen LogP contribution is 2.28. The molecule has 1 aliphatic rings. The van der Waals surface area contributed by atoms with Crippen molar-refractivity contribution in [2.45, 2.75) is 6.36 Å². The number of rotatable bonds is 1. The summed E-state index contributed by atoms with van der Waals surface area (Å²) in [6.07, 6.45) is -3.15. The van der Waals surface area contributed by atoms with Crippen LogP contribution in [0, 0.1) is 6.54 Å². The third-order valence-corrected chi connectivity index (χ3v) is 1.33. The lowest BCUT2D eigenvalue weighted by molar-refractivity contribution is -0.380. The van der Waals surface area contributed by atoms with Crippen LogP contribution in [0.2, 0.25) is 0 Å². The lowest BCUT2D eigenvalue weighted by Gasteiger charge is -2.13. The molecule has 0 amide bonds. The van der Waals surface area contributed by atoms with Crippen LogP contribution in [0.25, 0.3) is 0 Å². The van der Waals surface area contributed by atoms with Crippen LogP contribution in [0.5, 0.6) is 0 Å². The molecule has 0 saturated carbocycles. The summed E-state index contributed by atoms with van der Waals surface area (Å²) in [6, 6.07) is 0. The molecule has 0 bridgehead atoms. The monoisotopic (exact) mass is 170 g/mol. The van der Waals surface area contributed by atoms with Gasteiger partial charge in [0.2, 0.25) is 0 Å². The van der Waals surface area contributed by atoms with Gasteiger partial charge in [0.25, 0.3) is 0 Å². The number of hydrogen-bond donors (Lipinski definition) is 0. The summed E-state index contributed by atoms with van der Waals surface area (Å²) in [5, 5.41) is 1.48. The van der Waals surface area contributed by atoms with Crippen LogP contribution >= 0.6 is 11.9 Å². The zero-order valence-electron chi connectivity index (χ0n) is 4.63. The summed E-state index contributed by atoms with van der Waals surface area (Å²) in [5.41, 5.74) is 0.